The van der Waals surface area contributed by atoms with E-state index in [4.69, 9.17) is 0 Å². The SMILES string of the molecule is Fc1cc[pH]c1. The zero-order valence-corrected chi connectivity index (χ0v) is 4.11. The van der Waals surface area contributed by atoms with Crippen molar-refractivity contribution in [3.8, 4) is 0 Å². The predicted octanol–water partition coefficient (Wildman–Crippen LogP) is 1.86. The molecule has 0 aliphatic heterocycles. The molecule has 1 aromatic rings. The van der Waals surface area contributed by atoms with Crippen molar-refractivity contribution in [1.82, 2.24) is 0 Å². The highest BCUT2D eigenvalue weighted by atomic mass is 31.0. The minimum absolute atomic E-state index is 0.0895. The van der Waals surface area contributed by atoms with Crippen molar-refractivity contribution >= 4 is 8.19 Å². The average Bonchev–Trinajstić information content (AvgIpc) is 1.86. The molecule has 0 fully saturated rings. The van der Waals surface area contributed by atoms with Crippen LogP contribution in [0.4, 0.5) is 4.39 Å². The zero-order valence-electron chi connectivity index (χ0n) is 3.11. The summed E-state index contributed by atoms with van der Waals surface area (Å²) in [4.78, 5) is 0. The molecule has 1 heterocycles. The lowest BCUT2D eigenvalue weighted by Crippen LogP contribution is -1.48. The molecule has 32 valence electrons. The van der Waals surface area contributed by atoms with Crippen molar-refractivity contribution in [1.29, 1.82) is 0 Å². The molecule has 0 bridgehead atoms. The highest BCUT2D eigenvalue weighted by Crippen LogP contribution is 2.07. The van der Waals surface area contributed by atoms with E-state index in [0.717, 1.165) is 0 Å². The molecule has 1 atom stereocenters. The van der Waals surface area contributed by atoms with Gasteiger partial charge in [-0.3, -0.25) is 0 Å². The monoisotopic (exact) mass is 102 g/mol. The number of rotatable bonds is 0. The highest BCUT2D eigenvalue weighted by molar-refractivity contribution is 7.28. The van der Waals surface area contributed by atoms with Crippen LogP contribution in [0.2, 0.25) is 0 Å². The Morgan fingerprint density at radius 3 is 2.67 bits per heavy atom. The van der Waals surface area contributed by atoms with Crippen LogP contribution in [0.5, 0.6) is 0 Å². The molecule has 1 aromatic heterocycles. The molecule has 0 nitrogen and oxygen atoms in total. The summed E-state index contributed by atoms with van der Waals surface area (Å²) in [5, 5.41) is 0. The quantitative estimate of drug-likeness (QED) is 0.469. The van der Waals surface area contributed by atoms with Gasteiger partial charge in [0.1, 0.15) is 5.82 Å². The Morgan fingerprint density at radius 1 is 1.67 bits per heavy atom. The average molecular weight is 102 g/mol. The van der Waals surface area contributed by atoms with Gasteiger partial charge in [0.2, 0.25) is 0 Å². The minimum Gasteiger partial charge on any atom is -0.207 e. The lowest BCUT2D eigenvalue weighted by Gasteiger charge is -1.61. The Labute approximate surface area is 37.1 Å². The van der Waals surface area contributed by atoms with Crippen LogP contribution in [-0.2, 0) is 0 Å². The second kappa shape index (κ2) is 1.44. The van der Waals surface area contributed by atoms with Crippen molar-refractivity contribution in [2.24, 2.45) is 0 Å². The zero-order chi connectivity index (χ0) is 4.41. The van der Waals surface area contributed by atoms with E-state index < -0.39 is 0 Å². The highest BCUT2D eigenvalue weighted by Gasteiger charge is 1.78. The van der Waals surface area contributed by atoms with Gasteiger partial charge in [-0.25, -0.2) is 4.39 Å². The smallest absolute Gasteiger partial charge is 0.127 e. The third kappa shape index (κ3) is 0.605. The molecule has 1 rings (SSSR count). The number of halogens is 1. The lowest BCUT2D eigenvalue weighted by atomic mass is 10.6. The summed E-state index contributed by atoms with van der Waals surface area (Å²) in [6.45, 7) is 0. The Hall–Kier alpha value is -0.290. The van der Waals surface area contributed by atoms with Gasteiger partial charge >= 0.3 is 0 Å². The first-order valence-electron chi connectivity index (χ1n) is 1.68. The summed E-state index contributed by atoms with van der Waals surface area (Å²) in [6, 6.07) is 1.48. The van der Waals surface area contributed by atoms with E-state index in [2.05, 4.69) is 0 Å². The van der Waals surface area contributed by atoms with E-state index in [1.807, 2.05) is 5.80 Å². The van der Waals surface area contributed by atoms with Crippen molar-refractivity contribution in [2.75, 3.05) is 0 Å². The van der Waals surface area contributed by atoms with Crippen molar-refractivity contribution in [3.63, 3.8) is 0 Å². The molecule has 2 heteroatoms. The van der Waals surface area contributed by atoms with E-state index in [-0.39, 0.29) is 5.82 Å². The first kappa shape index (κ1) is 3.89. The second-order valence-corrected chi connectivity index (χ2v) is 1.98. The van der Waals surface area contributed by atoms with Crippen molar-refractivity contribution in [2.45, 2.75) is 0 Å². The summed E-state index contributed by atoms with van der Waals surface area (Å²) in [6.07, 6.45) is 0. The van der Waals surface area contributed by atoms with Crippen LogP contribution >= 0.6 is 8.19 Å². The van der Waals surface area contributed by atoms with Crippen molar-refractivity contribution in [3.05, 3.63) is 23.5 Å². The van der Waals surface area contributed by atoms with E-state index in [1.54, 1.807) is 5.80 Å². The van der Waals surface area contributed by atoms with Crippen LogP contribution in [0, 0.1) is 5.82 Å². The minimum atomic E-state index is -0.0895. The van der Waals surface area contributed by atoms with E-state index in [9.17, 15) is 4.39 Å². The molecule has 0 saturated carbocycles. The van der Waals surface area contributed by atoms with Crippen LogP contribution < -0.4 is 0 Å². The van der Waals surface area contributed by atoms with Gasteiger partial charge in [-0.1, -0.05) is 0 Å². The van der Waals surface area contributed by atoms with Gasteiger partial charge in [-0.15, -0.1) is 8.19 Å². The molecular weight excluding hydrogens is 98.0 g/mol. The molecule has 6 heavy (non-hydrogen) atoms. The lowest BCUT2D eigenvalue weighted by molar-refractivity contribution is 0.633. The largest absolute Gasteiger partial charge is 0.207 e. The fourth-order valence-electron chi connectivity index (χ4n) is 0.304. The fourth-order valence-corrected chi connectivity index (χ4v) is 0.911. The molecule has 0 amide bonds. The maximum Gasteiger partial charge on any atom is 0.127 e. The molecule has 0 saturated heterocycles. The normalized spacial score (nSPS) is 10.2. The topological polar surface area (TPSA) is 0 Å². The fraction of sp³-hybridized carbons (Fsp3) is 0. The first-order valence-corrected chi connectivity index (χ1v) is 2.83. The second-order valence-electron chi connectivity index (χ2n) is 1.03. The summed E-state index contributed by atoms with van der Waals surface area (Å²) in [5.74, 6) is 3.29. The van der Waals surface area contributed by atoms with E-state index in [1.165, 1.54) is 6.07 Å². The van der Waals surface area contributed by atoms with Crippen LogP contribution in [-0.4, -0.2) is 0 Å². The van der Waals surface area contributed by atoms with Crippen molar-refractivity contribution < 1.29 is 4.39 Å². The Bertz CT molecular complexity index is 111. The molecule has 0 radical (unpaired) electrons. The van der Waals surface area contributed by atoms with Gasteiger partial charge in [0.05, 0.1) is 0 Å². The van der Waals surface area contributed by atoms with Crippen LogP contribution in [0.15, 0.2) is 17.7 Å². The molecule has 0 N–H and O–H groups in total. The van der Waals surface area contributed by atoms with Crippen LogP contribution in [0.3, 0.4) is 0 Å². The maximum atomic E-state index is 11.7. The van der Waals surface area contributed by atoms with Crippen LogP contribution in [0.25, 0.3) is 0 Å². The van der Waals surface area contributed by atoms with Gasteiger partial charge < -0.3 is 0 Å². The molecule has 0 aliphatic carbocycles. The summed E-state index contributed by atoms with van der Waals surface area (Å²) in [7, 11) is 0.571. The van der Waals surface area contributed by atoms with Gasteiger partial charge in [0.25, 0.3) is 0 Å². The molecule has 0 spiro atoms. The molecule has 1 unspecified atom stereocenters. The predicted molar refractivity (Wildman–Crippen MR) is 25.9 cm³/mol. The molecule has 0 aromatic carbocycles. The van der Waals surface area contributed by atoms with Crippen LogP contribution in [0.1, 0.15) is 0 Å². The molecule has 0 aliphatic rings. The Balaban J connectivity index is 3.05. The first-order chi connectivity index (χ1) is 2.89. The van der Waals surface area contributed by atoms with Gasteiger partial charge in [-0.05, 0) is 17.7 Å². The summed E-state index contributed by atoms with van der Waals surface area (Å²) in [5.41, 5.74) is 0. The summed E-state index contributed by atoms with van der Waals surface area (Å²) < 4.78 is 11.7. The standard InChI is InChI=1S/C4H4FP/c5-4-1-2-6-3-4/h1-3,6H. The number of hydrogen-bond donors (Lipinski definition) is 0. The number of hydrogen-bond acceptors (Lipinski definition) is 0. The summed E-state index contributed by atoms with van der Waals surface area (Å²) >= 11 is 0. The van der Waals surface area contributed by atoms with E-state index in [0.29, 0.717) is 8.19 Å². The maximum absolute atomic E-state index is 11.7. The third-order valence-electron chi connectivity index (χ3n) is 0.560. The van der Waals surface area contributed by atoms with Gasteiger partial charge in [-0.2, -0.15) is 0 Å². The van der Waals surface area contributed by atoms with E-state index >= 15 is 0 Å². The molecular formula is C4H4FP. The Morgan fingerprint density at radius 2 is 2.50 bits per heavy atom. The van der Waals surface area contributed by atoms with Gasteiger partial charge in [0.15, 0.2) is 0 Å². The third-order valence-corrected chi connectivity index (χ3v) is 1.36. The Kier molecular flexibility index (Phi) is 0.932. The van der Waals surface area contributed by atoms with Gasteiger partial charge in [0, 0.05) is 0 Å².